The minimum absolute atomic E-state index is 0.00629. The lowest BCUT2D eigenvalue weighted by molar-refractivity contribution is -0.0328. The Labute approximate surface area is 169 Å². The Hall–Kier alpha value is -2.88. The monoisotopic (exact) mass is 421 g/mol. The molecule has 0 unspecified atom stereocenters. The van der Waals surface area contributed by atoms with E-state index in [-0.39, 0.29) is 33.6 Å². The number of hydrogen-bond donors (Lipinski definition) is 1. The highest BCUT2D eigenvalue weighted by molar-refractivity contribution is 8.00. The molecule has 0 bridgehead atoms. The molecule has 0 aliphatic carbocycles. The number of anilines is 1. The smallest absolute Gasteiger partial charge is 0.306 e. The lowest BCUT2D eigenvalue weighted by Crippen LogP contribution is -2.16. The normalized spacial score (nSPS) is 12.1. The summed E-state index contributed by atoms with van der Waals surface area (Å²) in [6.45, 7) is 5.94. The first-order valence-corrected chi connectivity index (χ1v) is 9.40. The summed E-state index contributed by atoms with van der Waals surface area (Å²) in [5.74, 6) is 0.168. The molecule has 10 heteroatoms. The maximum atomic E-state index is 12.6. The first kappa shape index (κ1) is 20.8. The Morgan fingerprint density at radius 3 is 2.24 bits per heavy atom. The molecular weight excluding hydrogens is 403 g/mol. The van der Waals surface area contributed by atoms with Crippen molar-refractivity contribution in [2.45, 2.75) is 36.6 Å². The molecule has 0 spiro atoms. The Morgan fingerprint density at radius 1 is 1.07 bits per heavy atom. The molecule has 0 saturated carbocycles. The summed E-state index contributed by atoms with van der Waals surface area (Å²) in [6.07, 6.45) is 3.12. The maximum Gasteiger partial charge on any atom is 0.446 e. The second-order valence-electron chi connectivity index (χ2n) is 7.15. The fraction of sp³-hybridized carbons (Fsp3) is 0.263. The number of hydrogen-bond acceptors (Lipinski definition) is 5. The Bertz CT molecular complexity index is 995. The summed E-state index contributed by atoms with van der Waals surface area (Å²) in [5, 5.41) is 7.24. The van der Waals surface area contributed by atoms with E-state index in [0.717, 1.165) is 5.69 Å². The van der Waals surface area contributed by atoms with E-state index in [2.05, 4.69) is 20.4 Å². The summed E-state index contributed by atoms with van der Waals surface area (Å²) < 4.78 is 38.8. The van der Waals surface area contributed by atoms with Crippen molar-refractivity contribution in [2.75, 3.05) is 5.32 Å². The van der Waals surface area contributed by atoms with Gasteiger partial charge in [-0.15, -0.1) is 0 Å². The molecule has 1 N–H and O–H groups in total. The summed E-state index contributed by atoms with van der Waals surface area (Å²) in [4.78, 5) is 21.0. The predicted molar refractivity (Wildman–Crippen MR) is 104 cm³/mol. The molecule has 0 aliphatic heterocycles. The quantitative estimate of drug-likeness (QED) is 0.611. The van der Waals surface area contributed by atoms with Gasteiger partial charge < -0.3 is 5.32 Å². The minimum atomic E-state index is -4.38. The number of rotatable bonds is 4. The fourth-order valence-corrected chi connectivity index (χ4v) is 2.93. The van der Waals surface area contributed by atoms with Crippen LogP contribution in [0, 0.1) is 0 Å². The molecule has 2 heterocycles. The largest absolute Gasteiger partial charge is 0.446 e. The Morgan fingerprint density at radius 2 is 1.69 bits per heavy atom. The van der Waals surface area contributed by atoms with Gasteiger partial charge in [-0.2, -0.15) is 23.0 Å². The molecule has 0 atom stereocenters. The van der Waals surface area contributed by atoms with Gasteiger partial charge in [-0.3, -0.25) is 4.79 Å². The van der Waals surface area contributed by atoms with Crippen LogP contribution >= 0.6 is 11.8 Å². The molecule has 29 heavy (non-hydrogen) atoms. The van der Waals surface area contributed by atoms with E-state index in [0.29, 0.717) is 5.82 Å². The lowest BCUT2D eigenvalue weighted by Gasteiger charge is -2.13. The van der Waals surface area contributed by atoms with Crippen molar-refractivity contribution in [2.24, 2.45) is 0 Å². The lowest BCUT2D eigenvalue weighted by atomic mass is 9.92. The third kappa shape index (κ3) is 5.35. The van der Waals surface area contributed by atoms with Gasteiger partial charge in [0.15, 0.2) is 0 Å². The summed E-state index contributed by atoms with van der Waals surface area (Å²) >= 11 is -0.231. The molecule has 152 valence electrons. The van der Waals surface area contributed by atoms with Crippen LogP contribution in [0.5, 0.6) is 0 Å². The first-order valence-electron chi connectivity index (χ1n) is 8.58. The van der Waals surface area contributed by atoms with Crippen LogP contribution in [-0.4, -0.2) is 31.2 Å². The molecular formula is C19H18F3N5OS. The molecule has 6 nitrogen and oxygen atoms in total. The van der Waals surface area contributed by atoms with Crippen molar-refractivity contribution in [3.63, 3.8) is 0 Å². The molecule has 2 aromatic heterocycles. The Kier molecular flexibility index (Phi) is 5.65. The third-order valence-corrected chi connectivity index (χ3v) is 4.55. The van der Waals surface area contributed by atoms with Crippen LogP contribution < -0.4 is 5.32 Å². The van der Waals surface area contributed by atoms with E-state index in [4.69, 9.17) is 0 Å². The van der Waals surface area contributed by atoms with Gasteiger partial charge >= 0.3 is 5.51 Å². The van der Waals surface area contributed by atoms with Gasteiger partial charge in [-0.1, -0.05) is 20.8 Å². The fourth-order valence-electron chi connectivity index (χ4n) is 2.39. The molecule has 0 saturated heterocycles. The highest BCUT2D eigenvalue weighted by atomic mass is 32.2. The van der Waals surface area contributed by atoms with E-state index < -0.39 is 11.4 Å². The van der Waals surface area contributed by atoms with Gasteiger partial charge in [0.25, 0.3) is 11.9 Å². The number of halogens is 3. The zero-order valence-corrected chi connectivity index (χ0v) is 16.7. The van der Waals surface area contributed by atoms with Gasteiger partial charge in [0.1, 0.15) is 5.82 Å². The van der Waals surface area contributed by atoms with Crippen molar-refractivity contribution >= 4 is 23.5 Å². The number of thioether (sulfide) groups is 1. The van der Waals surface area contributed by atoms with Crippen molar-refractivity contribution in [1.82, 2.24) is 19.7 Å². The number of amides is 1. The molecule has 0 aliphatic rings. The van der Waals surface area contributed by atoms with Crippen LogP contribution in [0.3, 0.4) is 0 Å². The average molecular weight is 421 g/mol. The number of carbonyl (C=O) groups is 1. The van der Waals surface area contributed by atoms with E-state index >= 15 is 0 Å². The van der Waals surface area contributed by atoms with Gasteiger partial charge in [-0.05, 0) is 42.1 Å². The van der Waals surface area contributed by atoms with Crippen LogP contribution in [0.4, 0.5) is 19.0 Å². The summed E-state index contributed by atoms with van der Waals surface area (Å²) in [7, 11) is 0. The molecule has 0 radical (unpaired) electrons. The minimum Gasteiger partial charge on any atom is -0.306 e. The highest BCUT2D eigenvalue weighted by Gasteiger charge is 2.29. The molecule has 1 amide bonds. The SMILES string of the molecule is CC(C)(C)c1cc(NC(=O)c2ccc(SC(F)(F)F)cc2)n(-c2ncccn2)n1. The number of aromatic nitrogens is 4. The summed E-state index contributed by atoms with van der Waals surface area (Å²) in [5.41, 5.74) is -3.72. The van der Waals surface area contributed by atoms with E-state index in [1.165, 1.54) is 28.9 Å². The van der Waals surface area contributed by atoms with Crippen LogP contribution in [0.2, 0.25) is 0 Å². The number of nitrogens with zero attached hydrogens (tertiary/aromatic N) is 4. The van der Waals surface area contributed by atoms with Gasteiger partial charge in [0, 0.05) is 34.3 Å². The molecule has 3 aromatic rings. The second-order valence-corrected chi connectivity index (χ2v) is 8.29. The third-order valence-electron chi connectivity index (χ3n) is 3.81. The molecule has 0 fully saturated rings. The van der Waals surface area contributed by atoms with Crippen LogP contribution in [0.1, 0.15) is 36.8 Å². The topological polar surface area (TPSA) is 72.7 Å². The van der Waals surface area contributed by atoms with Crippen molar-refractivity contribution < 1.29 is 18.0 Å². The molecule has 1 aromatic carbocycles. The van der Waals surface area contributed by atoms with Crippen LogP contribution in [0.25, 0.3) is 5.95 Å². The van der Waals surface area contributed by atoms with Crippen LogP contribution in [0.15, 0.2) is 53.7 Å². The van der Waals surface area contributed by atoms with Crippen LogP contribution in [-0.2, 0) is 5.41 Å². The van der Waals surface area contributed by atoms with Gasteiger partial charge in [0.2, 0.25) is 0 Å². The molecule has 3 rings (SSSR count). The second kappa shape index (κ2) is 7.86. The van der Waals surface area contributed by atoms with Gasteiger partial charge in [0.05, 0.1) is 5.69 Å². The number of carbonyl (C=O) groups excluding carboxylic acids is 1. The van der Waals surface area contributed by atoms with Crippen molar-refractivity contribution in [3.05, 3.63) is 60.0 Å². The predicted octanol–water partition coefficient (Wildman–Crippen LogP) is 4.82. The average Bonchev–Trinajstić information content (AvgIpc) is 3.06. The Balaban J connectivity index is 1.87. The van der Waals surface area contributed by atoms with E-state index in [1.54, 1.807) is 24.5 Å². The van der Waals surface area contributed by atoms with Gasteiger partial charge in [-0.25, -0.2) is 9.97 Å². The number of nitrogens with one attached hydrogen (secondary N) is 1. The number of alkyl halides is 3. The van der Waals surface area contributed by atoms with E-state index in [9.17, 15) is 18.0 Å². The van der Waals surface area contributed by atoms with E-state index in [1.807, 2.05) is 20.8 Å². The maximum absolute atomic E-state index is 12.6. The zero-order valence-electron chi connectivity index (χ0n) is 15.9. The standard InChI is InChI=1S/C19H18F3N5OS/c1-18(2,3)14-11-15(27(26-14)17-23-9-4-10-24-17)25-16(28)12-5-7-13(8-6-12)29-19(20,21)22/h4-11H,1-3H3,(H,25,28). The summed E-state index contributed by atoms with van der Waals surface area (Å²) in [6, 6.07) is 8.58. The highest BCUT2D eigenvalue weighted by Crippen LogP contribution is 2.36. The van der Waals surface area contributed by atoms with Crippen molar-refractivity contribution in [3.8, 4) is 5.95 Å². The number of benzene rings is 1. The van der Waals surface area contributed by atoms with Crippen molar-refractivity contribution in [1.29, 1.82) is 0 Å². The first-order chi connectivity index (χ1) is 13.5. The zero-order chi connectivity index (χ0) is 21.2.